The van der Waals surface area contributed by atoms with Crippen molar-refractivity contribution >= 4 is 21.1 Å². The molecule has 1 atom stereocenters. The van der Waals surface area contributed by atoms with Crippen LogP contribution in [0.5, 0.6) is 0 Å². The first-order valence-electron chi connectivity index (χ1n) is 11.2. The van der Waals surface area contributed by atoms with E-state index in [4.69, 9.17) is 0 Å². The van der Waals surface area contributed by atoms with Crippen LogP contribution in [0.25, 0.3) is 22.3 Å². The molecule has 0 aromatic carbocycles. The minimum absolute atomic E-state index is 0.112. The van der Waals surface area contributed by atoms with Gasteiger partial charge in [-0.3, -0.25) is 0 Å². The van der Waals surface area contributed by atoms with Gasteiger partial charge in [0.25, 0.3) is 6.43 Å². The van der Waals surface area contributed by atoms with E-state index in [1.54, 1.807) is 20.8 Å². The van der Waals surface area contributed by atoms with Crippen molar-refractivity contribution in [3.63, 3.8) is 0 Å². The van der Waals surface area contributed by atoms with E-state index in [0.717, 1.165) is 0 Å². The predicted molar refractivity (Wildman–Crippen MR) is 121 cm³/mol. The van der Waals surface area contributed by atoms with Gasteiger partial charge in [0, 0.05) is 29.3 Å². The largest absolute Gasteiger partial charge is 0.434 e. The maximum absolute atomic E-state index is 15.3. The summed E-state index contributed by atoms with van der Waals surface area (Å²) in [6.45, 7) is 5.49. The number of alkyl halides is 5. The Balaban J connectivity index is 1.96. The number of nitrogens with one attached hydrogen (secondary N) is 1. The Hall–Kier alpha value is -2.74. The van der Waals surface area contributed by atoms with Gasteiger partial charge in [0.15, 0.2) is 5.69 Å². The quantitative estimate of drug-likeness (QED) is 0.375. The summed E-state index contributed by atoms with van der Waals surface area (Å²) < 4.78 is 126. The zero-order valence-corrected chi connectivity index (χ0v) is 20.7. The Bertz CT molecular complexity index is 1440. The lowest BCUT2D eigenvalue weighted by Gasteiger charge is -2.20. The third kappa shape index (κ3) is 5.74. The topological polar surface area (TPSA) is 76.9 Å². The molecular weight excluding hydrogens is 529 g/mol. The van der Waals surface area contributed by atoms with E-state index in [0.29, 0.717) is 31.2 Å². The molecule has 37 heavy (non-hydrogen) atoms. The van der Waals surface area contributed by atoms with Gasteiger partial charge in [-0.1, -0.05) is 20.8 Å². The lowest BCUT2D eigenvalue weighted by Crippen LogP contribution is -2.35. The first kappa shape index (κ1) is 27.3. The molecule has 202 valence electrons. The van der Waals surface area contributed by atoms with Crippen molar-refractivity contribution in [2.75, 3.05) is 0 Å². The van der Waals surface area contributed by atoms with Crippen molar-refractivity contribution in [2.45, 2.75) is 64.1 Å². The zero-order chi connectivity index (χ0) is 27.5. The van der Waals surface area contributed by atoms with Crippen LogP contribution in [-0.2, 0) is 22.7 Å². The number of aromatic nitrogens is 3. The summed E-state index contributed by atoms with van der Waals surface area (Å²) in [6.07, 6.45) is -6.13. The number of halogens is 7. The number of hydrogen-bond acceptors (Lipinski definition) is 4. The molecule has 0 saturated heterocycles. The van der Waals surface area contributed by atoms with Crippen LogP contribution in [0.15, 0.2) is 24.5 Å². The highest BCUT2D eigenvalue weighted by molar-refractivity contribution is 7.90. The van der Waals surface area contributed by atoms with Crippen molar-refractivity contribution in [1.82, 2.24) is 19.3 Å². The van der Waals surface area contributed by atoms with Crippen LogP contribution in [0.4, 0.5) is 30.7 Å². The molecule has 0 spiro atoms. The highest BCUT2D eigenvalue weighted by Gasteiger charge is 2.41. The van der Waals surface area contributed by atoms with Gasteiger partial charge in [-0.15, -0.1) is 0 Å². The molecule has 6 nitrogen and oxygen atoms in total. The van der Waals surface area contributed by atoms with Gasteiger partial charge in [0.2, 0.25) is 10.0 Å². The van der Waals surface area contributed by atoms with E-state index in [2.05, 4.69) is 9.97 Å². The second kappa shape index (κ2) is 9.22. The smallest absolute Gasteiger partial charge is 0.332 e. The van der Waals surface area contributed by atoms with E-state index < -0.39 is 67.9 Å². The monoisotopic (exact) mass is 552 g/mol. The Labute approximate surface area is 208 Å². The fraction of sp³-hybridized carbons (Fsp3) is 0.478. The van der Waals surface area contributed by atoms with Crippen LogP contribution in [0.3, 0.4) is 0 Å². The van der Waals surface area contributed by atoms with Gasteiger partial charge >= 0.3 is 6.18 Å². The number of hydrogen-bond donors (Lipinski definition) is 1. The molecule has 0 amide bonds. The minimum Gasteiger partial charge on any atom is -0.332 e. The first-order valence-corrected chi connectivity index (χ1v) is 12.7. The van der Waals surface area contributed by atoms with E-state index in [-0.39, 0.29) is 23.1 Å². The van der Waals surface area contributed by atoms with Crippen LogP contribution in [0.2, 0.25) is 0 Å². The fourth-order valence-electron chi connectivity index (χ4n) is 4.03. The second-order valence-electron chi connectivity index (χ2n) is 10.2. The van der Waals surface area contributed by atoms with E-state index in [1.807, 2.05) is 4.72 Å². The van der Waals surface area contributed by atoms with E-state index in [9.17, 15) is 34.8 Å². The van der Waals surface area contributed by atoms with E-state index in [1.165, 1.54) is 10.8 Å². The summed E-state index contributed by atoms with van der Waals surface area (Å²) in [5, 5.41) is -1.02. The van der Waals surface area contributed by atoms with Gasteiger partial charge in [-0.2, -0.15) is 13.2 Å². The third-order valence-corrected chi connectivity index (χ3v) is 7.63. The molecular formula is C23H23F7N4O2S. The van der Waals surface area contributed by atoms with Crippen LogP contribution in [0, 0.1) is 17.0 Å². The number of fused-ring (bicyclic) bond motifs is 1. The third-order valence-electron chi connectivity index (χ3n) is 5.70. The Morgan fingerprint density at radius 1 is 1.14 bits per heavy atom. The number of rotatable bonds is 7. The minimum atomic E-state index is -5.06. The molecule has 14 heteroatoms. The Morgan fingerprint density at radius 2 is 1.78 bits per heavy atom. The summed E-state index contributed by atoms with van der Waals surface area (Å²) >= 11 is 0. The molecule has 1 aliphatic carbocycles. The maximum Gasteiger partial charge on any atom is 0.434 e. The first-order chi connectivity index (χ1) is 17.0. The van der Waals surface area contributed by atoms with Crippen LogP contribution in [0.1, 0.15) is 50.9 Å². The molecule has 3 aromatic heterocycles. The molecule has 0 radical (unpaired) electrons. The van der Waals surface area contributed by atoms with Crippen molar-refractivity contribution in [1.29, 1.82) is 0 Å². The van der Waals surface area contributed by atoms with Gasteiger partial charge in [-0.25, -0.2) is 40.7 Å². The maximum atomic E-state index is 15.3. The van der Waals surface area contributed by atoms with Crippen molar-refractivity contribution in [3.8, 4) is 11.3 Å². The summed E-state index contributed by atoms with van der Waals surface area (Å²) in [5.74, 6) is -2.51. The normalized spacial score (nSPS) is 16.1. The summed E-state index contributed by atoms with van der Waals surface area (Å²) in [4.78, 5) is 7.07. The van der Waals surface area contributed by atoms with Crippen LogP contribution < -0.4 is 4.72 Å². The molecule has 0 aliphatic heterocycles. The lowest BCUT2D eigenvalue weighted by atomic mass is 9.97. The lowest BCUT2D eigenvalue weighted by molar-refractivity contribution is -0.140. The number of nitrogens with zero attached hydrogens (tertiary/aromatic N) is 3. The van der Waals surface area contributed by atoms with Gasteiger partial charge in [0.1, 0.15) is 29.0 Å². The second-order valence-corrected chi connectivity index (χ2v) is 12.2. The van der Waals surface area contributed by atoms with Crippen molar-refractivity contribution in [3.05, 3.63) is 47.4 Å². The molecule has 3 heterocycles. The van der Waals surface area contributed by atoms with Gasteiger partial charge in [-0.05, 0) is 30.4 Å². The summed E-state index contributed by atoms with van der Waals surface area (Å²) in [7, 11) is -4.09. The molecule has 1 aliphatic rings. The predicted octanol–water partition coefficient (Wildman–Crippen LogP) is 5.83. The highest BCUT2D eigenvalue weighted by Crippen LogP contribution is 2.39. The van der Waals surface area contributed by atoms with Gasteiger partial charge < -0.3 is 4.57 Å². The van der Waals surface area contributed by atoms with Crippen LogP contribution in [-0.4, -0.2) is 34.6 Å². The van der Waals surface area contributed by atoms with Crippen molar-refractivity contribution < 1.29 is 39.2 Å². The molecule has 0 unspecified atom stereocenters. The summed E-state index contributed by atoms with van der Waals surface area (Å²) in [6, 6.07) is -0.905. The van der Waals surface area contributed by atoms with Crippen LogP contribution >= 0.6 is 0 Å². The highest BCUT2D eigenvalue weighted by atomic mass is 32.2. The molecule has 3 aromatic rings. The Morgan fingerprint density at radius 3 is 2.32 bits per heavy atom. The number of sulfonamides is 1. The fourth-order valence-corrected chi connectivity index (χ4v) is 5.56. The van der Waals surface area contributed by atoms with Gasteiger partial charge in [0.05, 0.1) is 11.4 Å². The van der Waals surface area contributed by atoms with Crippen molar-refractivity contribution in [2.24, 2.45) is 5.41 Å². The zero-order valence-electron chi connectivity index (χ0n) is 19.9. The molecule has 1 N–H and O–H groups in total. The SMILES string of the molecule is CC(C)(C)Cn1cc([C@H](NS(=O)(=O)C2CC2)C(F)F)c2cc(F)c(-c3cc(F)cnc3C(F)(F)F)nc21. The molecule has 1 saturated carbocycles. The standard InChI is InChI=1S/C23H23F7N4O2S/c1-22(2,3)10-34-9-15(18(20(26)27)33-37(35,36)12-4-5-12)13-7-16(25)17(32-21(13)34)14-6-11(24)8-31-19(14)23(28,29)30/h6-9,12,18,20,33H,4-5,10H2,1-3H3/t18-/m0/s1. The average molecular weight is 553 g/mol. The molecule has 4 rings (SSSR count). The van der Waals surface area contributed by atoms with E-state index >= 15 is 4.39 Å². The number of pyridine rings is 2. The summed E-state index contributed by atoms with van der Waals surface area (Å²) in [5.41, 5.74) is -4.36. The molecule has 0 bridgehead atoms. The Kier molecular flexibility index (Phi) is 6.81. The average Bonchev–Trinajstić information content (AvgIpc) is 3.55. The molecule has 1 fully saturated rings.